The van der Waals surface area contributed by atoms with Crippen LogP contribution in [0.25, 0.3) is 0 Å². The molecule has 2 unspecified atom stereocenters. The Hall–Kier alpha value is -1.05. The Kier molecular flexibility index (Phi) is 0.982. The molecule has 52 valence electrons. The zero-order valence-electron chi connectivity index (χ0n) is 5.45. The second kappa shape index (κ2) is 1.72. The molecule has 2 aliphatic carbocycles. The van der Waals surface area contributed by atoms with Crippen LogP contribution < -0.4 is 0 Å². The first kappa shape index (κ1) is 5.71. The Bertz CT molecular complexity index is 238. The predicted molar refractivity (Wildman–Crippen MR) is 36.5 cm³/mol. The molecule has 0 amide bonds. The summed E-state index contributed by atoms with van der Waals surface area (Å²) < 4.78 is 0. The van der Waals surface area contributed by atoms with Crippen molar-refractivity contribution in [1.82, 2.24) is 0 Å². The third kappa shape index (κ3) is 0.618. The fraction of sp³-hybridized carbons (Fsp3) is 0.375. The summed E-state index contributed by atoms with van der Waals surface area (Å²) in [5.41, 5.74) is 1.19. The van der Waals surface area contributed by atoms with Gasteiger partial charge in [0.1, 0.15) is 0 Å². The highest BCUT2D eigenvalue weighted by molar-refractivity contribution is 5.75. The molecule has 2 atom stereocenters. The maximum absolute atomic E-state index is 10.5. The number of allylic oxidation sites excluding steroid dienone is 3. The van der Waals surface area contributed by atoms with Crippen molar-refractivity contribution in [2.75, 3.05) is 0 Å². The lowest BCUT2D eigenvalue weighted by Crippen LogP contribution is -2.16. The van der Waals surface area contributed by atoms with Crippen molar-refractivity contribution in [1.29, 1.82) is 0 Å². The van der Waals surface area contributed by atoms with Crippen LogP contribution in [-0.4, -0.2) is 11.1 Å². The molecule has 0 aliphatic heterocycles. The summed E-state index contributed by atoms with van der Waals surface area (Å²) in [6.07, 6.45) is 6.81. The molecule has 0 aromatic heterocycles. The van der Waals surface area contributed by atoms with Gasteiger partial charge in [-0.2, -0.15) is 0 Å². The van der Waals surface area contributed by atoms with Crippen molar-refractivity contribution >= 4 is 5.97 Å². The van der Waals surface area contributed by atoms with Crippen LogP contribution in [0.1, 0.15) is 6.42 Å². The SMILES string of the molecule is O=C(O)C1C=C2C=CC1C2. The average Bonchev–Trinajstić information content (AvgIpc) is 2.44. The number of hydrogen-bond acceptors (Lipinski definition) is 1. The molecule has 0 saturated heterocycles. The third-order valence-corrected chi connectivity index (χ3v) is 2.17. The van der Waals surface area contributed by atoms with Gasteiger partial charge in [-0.15, -0.1) is 0 Å². The molecule has 0 saturated carbocycles. The van der Waals surface area contributed by atoms with E-state index in [2.05, 4.69) is 0 Å². The highest BCUT2D eigenvalue weighted by atomic mass is 16.4. The van der Waals surface area contributed by atoms with Gasteiger partial charge in [-0.25, -0.2) is 0 Å². The summed E-state index contributed by atoms with van der Waals surface area (Å²) >= 11 is 0. The lowest BCUT2D eigenvalue weighted by Gasteiger charge is -2.08. The van der Waals surface area contributed by atoms with Crippen LogP contribution in [0.5, 0.6) is 0 Å². The minimum atomic E-state index is -0.690. The van der Waals surface area contributed by atoms with Crippen LogP contribution in [0.2, 0.25) is 0 Å². The highest BCUT2D eigenvalue weighted by Crippen LogP contribution is 2.37. The van der Waals surface area contributed by atoms with E-state index < -0.39 is 5.97 Å². The van der Waals surface area contributed by atoms with Crippen LogP contribution in [0.15, 0.2) is 23.8 Å². The van der Waals surface area contributed by atoms with Crippen LogP contribution >= 0.6 is 0 Å². The summed E-state index contributed by atoms with van der Waals surface area (Å²) in [7, 11) is 0. The van der Waals surface area contributed by atoms with Gasteiger partial charge in [0.15, 0.2) is 0 Å². The molecule has 2 rings (SSSR count). The topological polar surface area (TPSA) is 37.3 Å². The standard InChI is InChI=1S/C8H8O2/c9-8(10)7-4-5-1-2-6(7)3-5/h1-2,4,6-7H,3H2,(H,9,10). The number of carboxylic acids is 1. The minimum absolute atomic E-state index is 0.236. The molecule has 0 aromatic rings. The highest BCUT2D eigenvalue weighted by Gasteiger charge is 2.33. The van der Waals surface area contributed by atoms with E-state index in [1.165, 1.54) is 5.57 Å². The Balaban J connectivity index is 2.27. The van der Waals surface area contributed by atoms with Gasteiger partial charge in [0, 0.05) is 0 Å². The Morgan fingerprint density at radius 2 is 2.50 bits per heavy atom. The Morgan fingerprint density at radius 1 is 1.70 bits per heavy atom. The van der Waals surface area contributed by atoms with Crippen LogP contribution in [0.3, 0.4) is 0 Å². The molecule has 2 nitrogen and oxygen atoms in total. The lowest BCUT2D eigenvalue weighted by molar-refractivity contribution is -0.140. The summed E-state index contributed by atoms with van der Waals surface area (Å²) in [5.74, 6) is -0.670. The quantitative estimate of drug-likeness (QED) is 0.588. The van der Waals surface area contributed by atoms with Crippen LogP contribution in [0.4, 0.5) is 0 Å². The molecule has 2 heteroatoms. The average molecular weight is 136 g/mol. The second-order valence-electron chi connectivity index (χ2n) is 2.83. The largest absolute Gasteiger partial charge is 0.481 e. The van der Waals surface area contributed by atoms with Gasteiger partial charge in [-0.3, -0.25) is 4.79 Å². The van der Waals surface area contributed by atoms with Crippen molar-refractivity contribution in [3.05, 3.63) is 23.8 Å². The van der Waals surface area contributed by atoms with Gasteiger partial charge in [0.25, 0.3) is 0 Å². The monoisotopic (exact) mass is 136 g/mol. The van der Waals surface area contributed by atoms with Gasteiger partial charge in [-0.05, 0) is 12.3 Å². The van der Waals surface area contributed by atoms with E-state index in [0.29, 0.717) is 0 Å². The third-order valence-electron chi connectivity index (χ3n) is 2.17. The Labute approximate surface area is 58.9 Å². The summed E-state index contributed by atoms with van der Waals surface area (Å²) in [5, 5.41) is 8.66. The smallest absolute Gasteiger partial charge is 0.310 e. The van der Waals surface area contributed by atoms with Crippen molar-refractivity contribution in [3.8, 4) is 0 Å². The van der Waals surface area contributed by atoms with E-state index in [0.717, 1.165) is 6.42 Å². The first-order valence-corrected chi connectivity index (χ1v) is 3.39. The zero-order chi connectivity index (χ0) is 7.14. The summed E-state index contributed by atoms with van der Waals surface area (Å²) in [6.45, 7) is 0. The molecule has 0 heterocycles. The summed E-state index contributed by atoms with van der Waals surface area (Å²) in [4.78, 5) is 10.5. The van der Waals surface area contributed by atoms with Gasteiger partial charge in [-0.1, -0.05) is 23.8 Å². The number of rotatable bonds is 1. The van der Waals surface area contributed by atoms with Gasteiger partial charge >= 0.3 is 5.97 Å². The van der Waals surface area contributed by atoms with Gasteiger partial charge in [0.2, 0.25) is 0 Å². The van der Waals surface area contributed by atoms with E-state index >= 15 is 0 Å². The van der Waals surface area contributed by atoms with Crippen molar-refractivity contribution in [2.24, 2.45) is 11.8 Å². The fourth-order valence-electron chi connectivity index (χ4n) is 1.63. The van der Waals surface area contributed by atoms with E-state index in [4.69, 9.17) is 5.11 Å². The fourth-order valence-corrected chi connectivity index (χ4v) is 1.63. The molecule has 1 N–H and O–H groups in total. The molecule has 0 aromatic carbocycles. The first-order valence-electron chi connectivity index (χ1n) is 3.39. The number of carboxylic acid groups (broad SMARTS) is 1. The second-order valence-corrected chi connectivity index (χ2v) is 2.83. The van der Waals surface area contributed by atoms with Crippen LogP contribution in [-0.2, 0) is 4.79 Å². The maximum atomic E-state index is 10.5. The lowest BCUT2D eigenvalue weighted by atomic mass is 9.97. The van der Waals surface area contributed by atoms with Crippen molar-refractivity contribution in [2.45, 2.75) is 6.42 Å². The molecule has 2 bridgehead atoms. The van der Waals surface area contributed by atoms with Crippen LogP contribution in [0, 0.1) is 11.8 Å². The van der Waals surface area contributed by atoms with E-state index in [1.54, 1.807) is 0 Å². The number of carbonyl (C=O) groups is 1. The molecule has 0 fully saturated rings. The molecular weight excluding hydrogens is 128 g/mol. The van der Waals surface area contributed by atoms with Gasteiger partial charge in [0.05, 0.1) is 5.92 Å². The number of aliphatic carboxylic acids is 1. The van der Waals surface area contributed by atoms with Crippen molar-refractivity contribution < 1.29 is 9.90 Å². The molecule has 10 heavy (non-hydrogen) atoms. The van der Waals surface area contributed by atoms with Crippen molar-refractivity contribution in [3.63, 3.8) is 0 Å². The molecule has 0 spiro atoms. The minimum Gasteiger partial charge on any atom is -0.481 e. The predicted octanol–water partition coefficient (Wildman–Crippen LogP) is 1.20. The number of hydrogen-bond donors (Lipinski definition) is 1. The summed E-state index contributed by atoms with van der Waals surface area (Å²) in [6, 6.07) is 0. The molecular formula is C8H8O2. The normalized spacial score (nSPS) is 34.6. The first-order chi connectivity index (χ1) is 4.77. The number of fused-ring (bicyclic) bond motifs is 2. The molecule has 2 aliphatic rings. The Morgan fingerprint density at radius 3 is 2.80 bits per heavy atom. The van der Waals surface area contributed by atoms with E-state index in [1.807, 2.05) is 18.2 Å². The van der Waals surface area contributed by atoms with E-state index in [9.17, 15) is 4.79 Å². The van der Waals surface area contributed by atoms with E-state index in [-0.39, 0.29) is 11.8 Å². The maximum Gasteiger partial charge on any atom is 0.310 e. The zero-order valence-corrected chi connectivity index (χ0v) is 5.45. The van der Waals surface area contributed by atoms with Gasteiger partial charge < -0.3 is 5.11 Å². The molecule has 0 radical (unpaired) electrons.